The number of hydrogen-bond donors (Lipinski definition) is 2. The SMILES string of the molecule is C=NC(=N)C(=NC(C)=c1ccc(=C)nc1)C(=O)NC1C=CC=CC1. The van der Waals surface area contributed by atoms with Gasteiger partial charge in [-0.2, -0.15) is 0 Å². The molecule has 1 aliphatic rings. The van der Waals surface area contributed by atoms with E-state index in [4.69, 9.17) is 5.41 Å². The molecule has 0 radical (unpaired) electrons. The Kier molecular flexibility index (Phi) is 5.68. The number of amidine groups is 1. The van der Waals surface area contributed by atoms with Gasteiger partial charge in [0.2, 0.25) is 0 Å². The molecule has 1 heterocycles. The van der Waals surface area contributed by atoms with Crippen LogP contribution in [0.15, 0.2) is 52.6 Å². The summed E-state index contributed by atoms with van der Waals surface area (Å²) in [6, 6.07) is 3.44. The van der Waals surface area contributed by atoms with Gasteiger partial charge in [-0.3, -0.25) is 15.2 Å². The average Bonchev–Trinajstić information content (AvgIpc) is 2.60. The normalized spacial score (nSPS) is 18.0. The van der Waals surface area contributed by atoms with Crippen molar-refractivity contribution in [2.75, 3.05) is 0 Å². The van der Waals surface area contributed by atoms with Crippen LogP contribution in [0.5, 0.6) is 0 Å². The quantitative estimate of drug-likeness (QED) is 0.632. The zero-order valence-corrected chi connectivity index (χ0v) is 13.5. The van der Waals surface area contributed by atoms with Gasteiger partial charge < -0.3 is 5.32 Å². The Hall–Kier alpha value is -3.15. The molecule has 0 saturated carbocycles. The van der Waals surface area contributed by atoms with Gasteiger partial charge in [0, 0.05) is 17.1 Å². The van der Waals surface area contributed by atoms with E-state index >= 15 is 0 Å². The van der Waals surface area contributed by atoms with Gasteiger partial charge in [0.15, 0.2) is 11.5 Å². The lowest BCUT2D eigenvalue weighted by molar-refractivity contribution is -0.115. The Labute approximate surface area is 140 Å². The summed E-state index contributed by atoms with van der Waals surface area (Å²) in [6.07, 6.45) is 9.95. The van der Waals surface area contributed by atoms with Crippen molar-refractivity contribution >= 4 is 36.4 Å². The number of carbonyl (C=O) groups excluding carboxylic acids is 1. The van der Waals surface area contributed by atoms with Crippen molar-refractivity contribution in [1.82, 2.24) is 10.3 Å². The monoisotopic (exact) mass is 321 g/mol. The van der Waals surface area contributed by atoms with Crippen molar-refractivity contribution in [2.45, 2.75) is 19.4 Å². The van der Waals surface area contributed by atoms with Crippen LogP contribution in [0.25, 0.3) is 12.3 Å². The first-order valence-corrected chi connectivity index (χ1v) is 7.41. The van der Waals surface area contributed by atoms with E-state index in [-0.39, 0.29) is 17.6 Å². The van der Waals surface area contributed by atoms with Crippen molar-refractivity contribution in [1.29, 1.82) is 5.41 Å². The maximum Gasteiger partial charge on any atom is 0.274 e. The van der Waals surface area contributed by atoms with Gasteiger partial charge in [0.05, 0.1) is 11.4 Å². The molecule has 2 N–H and O–H groups in total. The first-order chi connectivity index (χ1) is 11.5. The molecule has 1 unspecified atom stereocenters. The molecule has 1 aromatic heterocycles. The largest absolute Gasteiger partial charge is 0.344 e. The molecule has 24 heavy (non-hydrogen) atoms. The van der Waals surface area contributed by atoms with Gasteiger partial charge in [0.1, 0.15) is 0 Å². The fourth-order valence-corrected chi connectivity index (χ4v) is 2.08. The van der Waals surface area contributed by atoms with Crippen LogP contribution < -0.4 is 15.9 Å². The van der Waals surface area contributed by atoms with Crippen molar-refractivity contribution < 1.29 is 4.79 Å². The number of hydrogen-bond acceptors (Lipinski definition) is 4. The Morgan fingerprint density at radius 2 is 2.21 bits per heavy atom. The number of rotatable bonds is 4. The van der Waals surface area contributed by atoms with Gasteiger partial charge in [-0.1, -0.05) is 30.9 Å². The summed E-state index contributed by atoms with van der Waals surface area (Å²) in [6.45, 7) is 8.78. The summed E-state index contributed by atoms with van der Waals surface area (Å²) in [4.78, 5) is 24.4. The van der Waals surface area contributed by atoms with Crippen LogP contribution in [0.3, 0.4) is 0 Å². The molecule has 1 amide bonds. The predicted octanol–water partition coefficient (Wildman–Crippen LogP) is 0.740. The Bertz CT molecular complexity index is 840. The molecule has 6 heteroatoms. The highest BCUT2D eigenvalue weighted by atomic mass is 16.2. The van der Waals surface area contributed by atoms with E-state index in [0.717, 1.165) is 5.22 Å². The number of allylic oxidation sites excluding steroid dienone is 2. The Morgan fingerprint density at radius 3 is 2.79 bits per heavy atom. The summed E-state index contributed by atoms with van der Waals surface area (Å²) in [5.74, 6) is -0.734. The van der Waals surface area contributed by atoms with Crippen molar-refractivity contribution in [3.63, 3.8) is 0 Å². The third kappa shape index (κ3) is 4.42. The van der Waals surface area contributed by atoms with Gasteiger partial charge in [-0.25, -0.2) is 9.98 Å². The number of nitrogens with one attached hydrogen (secondary N) is 2. The second kappa shape index (κ2) is 7.92. The molecule has 0 aliphatic heterocycles. The third-order valence-corrected chi connectivity index (χ3v) is 3.42. The van der Waals surface area contributed by atoms with Gasteiger partial charge in [0.25, 0.3) is 5.91 Å². The summed E-state index contributed by atoms with van der Waals surface area (Å²) in [5.41, 5.74) is 0.476. The minimum absolute atomic E-state index is 0.0795. The number of pyridine rings is 1. The van der Waals surface area contributed by atoms with E-state index in [1.165, 1.54) is 0 Å². The van der Waals surface area contributed by atoms with Crippen LogP contribution in [0, 0.1) is 5.41 Å². The topological polar surface area (TPSA) is 90.6 Å². The molecule has 0 fully saturated rings. The minimum Gasteiger partial charge on any atom is -0.344 e. The van der Waals surface area contributed by atoms with E-state index in [1.54, 1.807) is 19.2 Å². The maximum atomic E-state index is 12.5. The van der Waals surface area contributed by atoms with Gasteiger partial charge >= 0.3 is 0 Å². The fourth-order valence-electron chi connectivity index (χ4n) is 2.08. The van der Waals surface area contributed by atoms with E-state index in [2.05, 4.69) is 33.6 Å². The lowest BCUT2D eigenvalue weighted by Gasteiger charge is -2.15. The standard InChI is InChI=1S/C18H19N5O/c1-12-9-10-14(11-21-12)13(2)22-16(17(19)20-3)18(24)23-15-7-5-4-6-8-15/h4-7,9-11,15,19H,1,3,8H2,2H3,(H,23,24). The molecule has 1 aromatic rings. The first-order valence-electron chi connectivity index (χ1n) is 7.41. The van der Waals surface area contributed by atoms with E-state index in [0.29, 0.717) is 17.5 Å². The maximum absolute atomic E-state index is 12.5. The van der Waals surface area contributed by atoms with Crippen LogP contribution in [0.2, 0.25) is 0 Å². The second-order valence-corrected chi connectivity index (χ2v) is 5.22. The smallest absolute Gasteiger partial charge is 0.274 e. The summed E-state index contributed by atoms with van der Waals surface area (Å²) in [7, 11) is 0. The average molecular weight is 321 g/mol. The highest BCUT2D eigenvalue weighted by Crippen LogP contribution is 2.04. The fraction of sp³-hybridized carbons (Fsp3) is 0.167. The molecule has 6 nitrogen and oxygen atoms in total. The molecule has 0 aromatic carbocycles. The highest BCUT2D eigenvalue weighted by molar-refractivity contribution is 6.66. The van der Waals surface area contributed by atoms with Crippen LogP contribution in [0.4, 0.5) is 0 Å². The summed E-state index contributed by atoms with van der Waals surface area (Å²) < 4.78 is 0. The molecule has 0 saturated heterocycles. The summed E-state index contributed by atoms with van der Waals surface area (Å²) >= 11 is 0. The van der Waals surface area contributed by atoms with Crippen molar-refractivity contribution in [2.24, 2.45) is 9.98 Å². The van der Waals surface area contributed by atoms with E-state index < -0.39 is 5.91 Å². The number of amides is 1. The molecule has 122 valence electrons. The van der Waals surface area contributed by atoms with Crippen LogP contribution in [-0.4, -0.2) is 35.2 Å². The van der Waals surface area contributed by atoms with Crippen LogP contribution >= 0.6 is 0 Å². The molecule has 2 rings (SSSR count). The number of carbonyl (C=O) groups is 1. The molecular weight excluding hydrogens is 302 g/mol. The highest BCUT2D eigenvalue weighted by Gasteiger charge is 2.19. The Balaban J connectivity index is 2.33. The number of aromatic nitrogens is 1. The van der Waals surface area contributed by atoms with E-state index in [1.807, 2.05) is 30.4 Å². The van der Waals surface area contributed by atoms with Gasteiger partial charge in [-0.05, 0) is 32.2 Å². The molecule has 1 atom stereocenters. The minimum atomic E-state index is -0.460. The summed E-state index contributed by atoms with van der Waals surface area (Å²) in [5, 5.41) is 12.1. The Morgan fingerprint density at radius 1 is 1.42 bits per heavy atom. The number of aliphatic imine (C=N–C) groups is 2. The zero-order valence-electron chi connectivity index (χ0n) is 13.5. The number of nitrogens with zero attached hydrogens (tertiary/aromatic N) is 3. The molecule has 1 aliphatic carbocycles. The van der Waals surface area contributed by atoms with Crippen LogP contribution in [0.1, 0.15) is 13.3 Å². The third-order valence-electron chi connectivity index (χ3n) is 3.42. The second-order valence-electron chi connectivity index (χ2n) is 5.22. The van der Waals surface area contributed by atoms with Gasteiger partial charge in [-0.15, -0.1) is 0 Å². The van der Waals surface area contributed by atoms with E-state index in [9.17, 15) is 4.79 Å². The van der Waals surface area contributed by atoms with Crippen LogP contribution in [-0.2, 0) is 4.79 Å². The van der Waals surface area contributed by atoms with Crippen molar-refractivity contribution in [3.05, 3.63) is 53.2 Å². The zero-order chi connectivity index (χ0) is 17.5. The molecular formula is C18H19N5O. The van der Waals surface area contributed by atoms with Crippen molar-refractivity contribution in [3.8, 4) is 0 Å². The lowest BCUT2D eigenvalue weighted by Crippen LogP contribution is -2.41. The molecule has 0 bridgehead atoms. The predicted molar refractivity (Wildman–Crippen MR) is 97.6 cm³/mol. The lowest BCUT2D eigenvalue weighted by atomic mass is 10.1. The first kappa shape index (κ1) is 17.2. The molecule has 0 spiro atoms.